The maximum Gasteiger partial charge on any atom is 0.137 e. The van der Waals surface area contributed by atoms with Crippen molar-refractivity contribution in [1.29, 1.82) is 0 Å². The first-order chi connectivity index (χ1) is 10.3. The van der Waals surface area contributed by atoms with Crippen molar-refractivity contribution in [3.63, 3.8) is 0 Å². The molecule has 0 amide bonds. The number of halogens is 1. The van der Waals surface area contributed by atoms with Gasteiger partial charge in [-0.05, 0) is 25.0 Å². The predicted octanol–water partition coefficient (Wildman–Crippen LogP) is 3.43. The van der Waals surface area contributed by atoms with E-state index in [2.05, 4.69) is 10.3 Å². The van der Waals surface area contributed by atoms with Crippen molar-refractivity contribution in [2.75, 3.05) is 13.2 Å². The van der Waals surface area contributed by atoms with Crippen LogP contribution in [0.15, 0.2) is 24.5 Å². The molecule has 0 radical (unpaired) electrons. The van der Waals surface area contributed by atoms with E-state index in [1.165, 1.54) is 32.1 Å². The molecule has 2 aromatic rings. The molecule has 0 aliphatic heterocycles. The minimum atomic E-state index is 0.484. The molecule has 1 aliphatic rings. The SMILES string of the molecule is Clc1ccc2nc(CNCCOC3CCCCC3)cn2c1. The second-order valence-electron chi connectivity index (χ2n) is 5.65. The summed E-state index contributed by atoms with van der Waals surface area (Å²) in [5, 5.41) is 4.11. The first-order valence-electron chi connectivity index (χ1n) is 7.77. The molecule has 2 heterocycles. The highest BCUT2D eigenvalue weighted by molar-refractivity contribution is 6.30. The lowest BCUT2D eigenvalue weighted by atomic mass is 9.98. The van der Waals surface area contributed by atoms with Gasteiger partial charge in [0, 0.05) is 25.5 Å². The van der Waals surface area contributed by atoms with Crippen molar-refractivity contribution >= 4 is 17.2 Å². The summed E-state index contributed by atoms with van der Waals surface area (Å²) in [6.45, 7) is 2.41. The van der Waals surface area contributed by atoms with Crippen LogP contribution in [0, 0.1) is 0 Å². The molecule has 0 unspecified atom stereocenters. The Hall–Kier alpha value is -1.10. The number of pyridine rings is 1. The average Bonchev–Trinajstić information content (AvgIpc) is 2.90. The summed E-state index contributed by atoms with van der Waals surface area (Å²) in [6.07, 6.45) is 10.8. The van der Waals surface area contributed by atoms with Crippen molar-refractivity contribution < 1.29 is 4.74 Å². The van der Waals surface area contributed by atoms with Crippen LogP contribution in [-0.2, 0) is 11.3 Å². The second-order valence-corrected chi connectivity index (χ2v) is 6.09. The van der Waals surface area contributed by atoms with E-state index in [1.54, 1.807) is 0 Å². The Kier molecular flexibility index (Phi) is 5.12. The first kappa shape index (κ1) is 14.8. The van der Waals surface area contributed by atoms with E-state index >= 15 is 0 Å². The maximum atomic E-state index is 5.97. The molecule has 0 saturated heterocycles. The number of nitrogens with one attached hydrogen (secondary N) is 1. The third-order valence-electron chi connectivity index (χ3n) is 3.96. The van der Waals surface area contributed by atoms with Gasteiger partial charge in [0.1, 0.15) is 5.65 Å². The fourth-order valence-electron chi connectivity index (χ4n) is 2.85. The van der Waals surface area contributed by atoms with E-state index in [9.17, 15) is 0 Å². The van der Waals surface area contributed by atoms with Gasteiger partial charge in [0.05, 0.1) is 23.4 Å². The molecule has 114 valence electrons. The Morgan fingerprint density at radius 1 is 1.24 bits per heavy atom. The van der Waals surface area contributed by atoms with Gasteiger partial charge in [0.15, 0.2) is 0 Å². The Balaban J connectivity index is 1.40. The molecule has 1 fully saturated rings. The Morgan fingerprint density at radius 3 is 2.95 bits per heavy atom. The fourth-order valence-corrected chi connectivity index (χ4v) is 3.02. The quantitative estimate of drug-likeness (QED) is 0.831. The summed E-state index contributed by atoms with van der Waals surface area (Å²) in [6, 6.07) is 3.79. The van der Waals surface area contributed by atoms with Crippen LogP contribution in [0.4, 0.5) is 0 Å². The van der Waals surface area contributed by atoms with Crippen molar-refractivity contribution in [3.05, 3.63) is 35.2 Å². The molecule has 4 nitrogen and oxygen atoms in total. The number of rotatable bonds is 6. The third kappa shape index (κ3) is 4.19. The minimum Gasteiger partial charge on any atom is -0.377 e. The number of nitrogens with zero attached hydrogens (tertiary/aromatic N) is 2. The largest absolute Gasteiger partial charge is 0.377 e. The smallest absolute Gasteiger partial charge is 0.137 e. The summed E-state index contributed by atoms with van der Waals surface area (Å²) in [4.78, 5) is 4.54. The molecule has 0 spiro atoms. The van der Waals surface area contributed by atoms with Gasteiger partial charge in [-0.15, -0.1) is 0 Å². The van der Waals surface area contributed by atoms with Crippen molar-refractivity contribution in [2.24, 2.45) is 0 Å². The second kappa shape index (κ2) is 7.25. The predicted molar refractivity (Wildman–Crippen MR) is 84.7 cm³/mol. The Bertz CT molecular complexity index is 578. The van der Waals surface area contributed by atoms with Crippen LogP contribution in [0.5, 0.6) is 0 Å². The zero-order valence-electron chi connectivity index (χ0n) is 12.2. The molecular weight excluding hydrogens is 286 g/mol. The topological polar surface area (TPSA) is 38.6 Å². The fraction of sp³-hybridized carbons (Fsp3) is 0.562. The highest BCUT2D eigenvalue weighted by Crippen LogP contribution is 2.19. The van der Waals surface area contributed by atoms with Gasteiger partial charge in [-0.1, -0.05) is 30.9 Å². The van der Waals surface area contributed by atoms with Gasteiger partial charge < -0.3 is 14.5 Å². The van der Waals surface area contributed by atoms with E-state index in [1.807, 2.05) is 28.9 Å². The molecule has 1 N–H and O–H groups in total. The highest BCUT2D eigenvalue weighted by atomic mass is 35.5. The van der Waals surface area contributed by atoms with Gasteiger partial charge in [0.2, 0.25) is 0 Å². The monoisotopic (exact) mass is 307 g/mol. The summed E-state index contributed by atoms with van der Waals surface area (Å²) < 4.78 is 7.85. The number of ether oxygens (including phenoxy) is 1. The van der Waals surface area contributed by atoms with Crippen molar-refractivity contribution in [2.45, 2.75) is 44.8 Å². The highest BCUT2D eigenvalue weighted by Gasteiger charge is 2.12. The summed E-state index contributed by atoms with van der Waals surface area (Å²) in [7, 11) is 0. The Morgan fingerprint density at radius 2 is 2.10 bits per heavy atom. The van der Waals surface area contributed by atoms with Crippen LogP contribution in [0.3, 0.4) is 0 Å². The maximum absolute atomic E-state index is 5.97. The van der Waals surface area contributed by atoms with Crippen molar-refractivity contribution in [3.8, 4) is 0 Å². The van der Waals surface area contributed by atoms with Crippen LogP contribution in [0.2, 0.25) is 5.02 Å². The average molecular weight is 308 g/mol. The molecular formula is C16H22ClN3O. The summed E-state index contributed by atoms with van der Waals surface area (Å²) in [5.74, 6) is 0. The van der Waals surface area contributed by atoms with E-state index in [-0.39, 0.29) is 0 Å². The number of fused-ring (bicyclic) bond motifs is 1. The van der Waals surface area contributed by atoms with Gasteiger partial charge in [-0.3, -0.25) is 0 Å². The van der Waals surface area contributed by atoms with Crippen molar-refractivity contribution in [1.82, 2.24) is 14.7 Å². The lowest BCUT2D eigenvalue weighted by Crippen LogP contribution is -2.24. The molecule has 1 saturated carbocycles. The van der Waals surface area contributed by atoms with Crippen LogP contribution in [-0.4, -0.2) is 28.6 Å². The van der Waals surface area contributed by atoms with E-state index in [4.69, 9.17) is 16.3 Å². The normalized spacial score (nSPS) is 16.6. The molecule has 21 heavy (non-hydrogen) atoms. The number of hydrogen-bond donors (Lipinski definition) is 1. The Labute approximate surface area is 130 Å². The summed E-state index contributed by atoms with van der Waals surface area (Å²) >= 11 is 5.97. The number of imidazole rings is 1. The standard InChI is InChI=1S/C16H22ClN3O/c17-13-6-7-16-19-14(12-20(16)11-13)10-18-8-9-21-15-4-2-1-3-5-15/h6-7,11-12,15,18H,1-5,8-10H2. The molecule has 0 bridgehead atoms. The van der Waals surface area contributed by atoms with Crippen LogP contribution in [0.25, 0.3) is 5.65 Å². The van der Waals surface area contributed by atoms with Gasteiger partial charge in [-0.2, -0.15) is 0 Å². The third-order valence-corrected chi connectivity index (χ3v) is 4.18. The van der Waals surface area contributed by atoms with Gasteiger partial charge in [0.25, 0.3) is 0 Å². The first-order valence-corrected chi connectivity index (χ1v) is 8.14. The van der Waals surface area contributed by atoms with Gasteiger partial charge >= 0.3 is 0 Å². The zero-order chi connectivity index (χ0) is 14.5. The lowest BCUT2D eigenvalue weighted by Gasteiger charge is -2.21. The minimum absolute atomic E-state index is 0.484. The van der Waals surface area contributed by atoms with Crippen LogP contribution < -0.4 is 5.32 Å². The van der Waals surface area contributed by atoms with E-state index in [0.717, 1.165) is 36.1 Å². The molecule has 0 aromatic carbocycles. The van der Waals surface area contributed by atoms with E-state index in [0.29, 0.717) is 6.10 Å². The molecule has 3 rings (SSSR count). The molecule has 0 atom stereocenters. The zero-order valence-corrected chi connectivity index (χ0v) is 13.0. The van der Waals surface area contributed by atoms with Crippen LogP contribution >= 0.6 is 11.6 Å². The lowest BCUT2D eigenvalue weighted by molar-refractivity contribution is 0.0302. The molecule has 1 aliphatic carbocycles. The van der Waals surface area contributed by atoms with Gasteiger partial charge in [-0.25, -0.2) is 4.98 Å². The number of hydrogen-bond acceptors (Lipinski definition) is 3. The molecule has 2 aromatic heterocycles. The molecule has 5 heteroatoms. The number of aromatic nitrogens is 2. The van der Waals surface area contributed by atoms with Crippen LogP contribution in [0.1, 0.15) is 37.8 Å². The van der Waals surface area contributed by atoms with E-state index < -0.39 is 0 Å². The summed E-state index contributed by atoms with van der Waals surface area (Å²) in [5.41, 5.74) is 1.95.